The first-order valence-corrected chi connectivity index (χ1v) is 12.0. The van der Waals surface area contributed by atoms with Gasteiger partial charge in [0.1, 0.15) is 34.2 Å². The van der Waals surface area contributed by atoms with Crippen LogP contribution in [0.1, 0.15) is 56.9 Å². The van der Waals surface area contributed by atoms with Gasteiger partial charge in [-0.25, -0.2) is 27.0 Å². The quantitative estimate of drug-likeness (QED) is 0.209. The van der Waals surface area contributed by atoms with Gasteiger partial charge in [0.2, 0.25) is 5.88 Å². The number of amides is 1. The molecule has 0 bridgehead atoms. The van der Waals surface area contributed by atoms with E-state index >= 15 is 0 Å². The molecule has 220 valence electrons. The van der Waals surface area contributed by atoms with Crippen LogP contribution in [0.25, 0.3) is 11.1 Å². The van der Waals surface area contributed by atoms with Crippen LogP contribution < -0.4 is 10.1 Å². The molecule has 0 saturated carbocycles. The number of aromatic nitrogens is 2. The Bertz CT molecular complexity index is 1630. The third-order valence-corrected chi connectivity index (χ3v) is 6.18. The van der Waals surface area contributed by atoms with Crippen LogP contribution in [-0.4, -0.2) is 26.8 Å². The summed E-state index contributed by atoms with van der Waals surface area (Å²) in [6.07, 6.45) is -7.75. The Hall–Kier alpha value is -4.88. The van der Waals surface area contributed by atoms with Crippen LogP contribution in [0.3, 0.4) is 0 Å². The minimum Gasteiger partial charge on any atom is -0.477 e. The number of alkyl halides is 5. The second-order valence-electron chi connectivity index (χ2n) is 9.05. The number of ether oxygens (including phenoxy) is 1. The number of hydrogen-bond acceptors (Lipinski definition) is 4. The Morgan fingerprint density at radius 1 is 0.952 bits per heavy atom. The second kappa shape index (κ2) is 11.5. The van der Waals surface area contributed by atoms with Crippen LogP contribution in [0.15, 0.2) is 60.7 Å². The molecule has 2 N–H and O–H groups in total. The summed E-state index contributed by atoms with van der Waals surface area (Å²) in [5.74, 6) is -6.16. The van der Waals surface area contributed by atoms with Gasteiger partial charge in [-0.15, -0.1) is 0 Å². The average molecular weight is 595 g/mol. The Balaban J connectivity index is 1.64. The van der Waals surface area contributed by atoms with Gasteiger partial charge in [-0.1, -0.05) is 24.3 Å². The molecule has 1 atom stereocenters. The number of carbonyl (C=O) groups excluding carboxylic acids is 1. The minimum absolute atomic E-state index is 0.0340. The van der Waals surface area contributed by atoms with Crippen LogP contribution in [0.2, 0.25) is 0 Å². The molecule has 0 aliphatic carbocycles. The number of carboxylic acids is 1. The number of aryl methyl sites for hydroxylation is 1. The van der Waals surface area contributed by atoms with Gasteiger partial charge < -0.3 is 15.2 Å². The van der Waals surface area contributed by atoms with Gasteiger partial charge in [-0.3, -0.25) is 4.79 Å². The van der Waals surface area contributed by atoms with Gasteiger partial charge in [-0.2, -0.15) is 18.3 Å². The van der Waals surface area contributed by atoms with Gasteiger partial charge in [0.25, 0.3) is 12.3 Å². The van der Waals surface area contributed by atoms with Gasteiger partial charge in [0.05, 0.1) is 11.6 Å². The summed E-state index contributed by atoms with van der Waals surface area (Å²) in [5, 5.41) is 14.9. The summed E-state index contributed by atoms with van der Waals surface area (Å²) in [5.41, 5.74) is -3.03. The van der Waals surface area contributed by atoms with Crippen molar-refractivity contribution >= 4 is 11.9 Å². The van der Waals surface area contributed by atoms with Crippen LogP contribution in [0, 0.1) is 11.6 Å². The highest BCUT2D eigenvalue weighted by Gasteiger charge is 2.32. The fourth-order valence-electron chi connectivity index (χ4n) is 4.11. The summed E-state index contributed by atoms with van der Waals surface area (Å²) >= 11 is 0. The SMILES string of the molecule is C[C@H](NC(=O)c1c(C(F)F)nn(C)c1Oc1cccc(-c2ccc(C(F)(F)F)cc2)c1)c1cc(F)c(C(=O)O)c(F)c1. The minimum atomic E-state index is -4.52. The van der Waals surface area contributed by atoms with Crippen LogP contribution in [0.5, 0.6) is 11.6 Å². The first-order valence-electron chi connectivity index (χ1n) is 12.0. The lowest BCUT2D eigenvalue weighted by Crippen LogP contribution is -2.28. The summed E-state index contributed by atoms with van der Waals surface area (Å²) in [6.45, 7) is 1.29. The maximum Gasteiger partial charge on any atom is 0.416 e. The van der Waals surface area contributed by atoms with Crippen LogP contribution >= 0.6 is 0 Å². The smallest absolute Gasteiger partial charge is 0.416 e. The summed E-state index contributed by atoms with van der Waals surface area (Å²) in [7, 11) is 1.23. The van der Waals surface area contributed by atoms with Gasteiger partial charge in [0.15, 0.2) is 0 Å². The Morgan fingerprint density at radius 2 is 1.57 bits per heavy atom. The van der Waals surface area contributed by atoms with Crippen molar-refractivity contribution in [1.82, 2.24) is 15.1 Å². The van der Waals surface area contributed by atoms with E-state index in [1.165, 1.54) is 44.3 Å². The Labute approximate surface area is 233 Å². The summed E-state index contributed by atoms with van der Waals surface area (Å²) in [6, 6.07) is 10.4. The largest absolute Gasteiger partial charge is 0.477 e. The van der Waals surface area contributed by atoms with E-state index in [-0.39, 0.29) is 11.3 Å². The van der Waals surface area contributed by atoms with E-state index in [1.807, 2.05) is 0 Å². The second-order valence-corrected chi connectivity index (χ2v) is 9.05. The normalized spacial score (nSPS) is 12.3. The van der Waals surface area contributed by atoms with Crippen molar-refractivity contribution in [2.75, 3.05) is 0 Å². The molecule has 1 amide bonds. The molecule has 1 heterocycles. The number of benzene rings is 3. The molecule has 42 heavy (non-hydrogen) atoms. The zero-order chi connectivity index (χ0) is 30.9. The van der Waals surface area contributed by atoms with E-state index < -0.39 is 70.4 Å². The lowest BCUT2D eigenvalue weighted by Gasteiger charge is -2.16. The molecule has 4 aromatic rings. The number of aromatic carboxylic acids is 1. The number of nitrogens with zero attached hydrogens (tertiary/aromatic N) is 2. The Morgan fingerprint density at radius 3 is 2.12 bits per heavy atom. The van der Waals surface area contributed by atoms with Gasteiger partial charge in [0, 0.05) is 7.05 Å². The maximum absolute atomic E-state index is 14.2. The first-order chi connectivity index (χ1) is 19.7. The van der Waals surface area contributed by atoms with Crippen molar-refractivity contribution in [3.8, 4) is 22.8 Å². The van der Waals surface area contributed by atoms with Crippen LogP contribution in [-0.2, 0) is 13.2 Å². The molecule has 7 nitrogen and oxygen atoms in total. The lowest BCUT2D eigenvalue weighted by molar-refractivity contribution is -0.137. The molecule has 1 aromatic heterocycles. The molecule has 0 saturated heterocycles. The standard InChI is InChI=1S/C28H20F7N3O4/c1-13(16-11-19(29)21(27(40)41)20(30)12-16)36-25(39)22-23(24(31)32)37-38(2)26(22)42-18-5-3-4-15(10-18)14-6-8-17(9-7-14)28(33,34)35/h3-13,24H,1-2H3,(H,36,39)(H,40,41)/t13-/m0/s1. The topological polar surface area (TPSA) is 93.5 Å². The molecule has 0 fully saturated rings. The first kappa shape index (κ1) is 30.1. The molecule has 4 rings (SSSR count). The van der Waals surface area contributed by atoms with E-state index in [2.05, 4.69) is 10.4 Å². The molecular weight excluding hydrogens is 575 g/mol. The fraction of sp³-hybridized carbons (Fsp3) is 0.179. The highest BCUT2D eigenvalue weighted by atomic mass is 19.4. The van der Waals surface area contributed by atoms with E-state index in [0.29, 0.717) is 23.3 Å². The van der Waals surface area contributed by atoms with Crippen molar-refractivity contribution in [2.45, 2.75) is 25.6 Å². The van der Waals surface area contributed by atoms with Crippen molar-refractivity contribution in [1.29, 1.82) is 0 Å². The summed E-state index contributed by atoms with van der Waals surface area (Å²) in [4.78, 5) is 24.2. The van der Waals surface area contributed by atoms with Crippen molar-refractivity contribution in [3.63, 3.8) is 0 Å². The molecule has 14 heteroatoms. The highest BCUT2D eigenvalue weighted by molar-refractivity contribution is 5.98. The monoisotopic (exact) mass is 595 g/mol. The fourth-order valence-corrected chi connectivity index (χ4v) is 4.11. The molecule has 0 spiro atoms. The molecule has 0 aliphatic rings. The maximum atomic E-state index is 14.2. The zero-order valence-electron chi connectivity index (χ0n) is 21.6. The van der Waals surface area contributed by atoms with Crippen molar-refractivity contribution in [2.24, 2.45) is 7.05 Å². The molecule has 3 aromatic carbocycles. The third-order valence-electron chi connectivity index (χ3n) is 6.18. The highest BCUT2D eigenvalue weighted by Crippen LogP contribution is 2.35. The third kappa shape index (κ3) is 6.21. The zero-order valence-corrected chi connectivity index (χ0v) is 21.6. The number of nitrogens with one attached hydrogen (secondary N) is 1. The van der Waals surface area contributed by atoms with E-state index in [9.17, 15) is 40.3 Å². The molecule has 0 unspecified atom stereocenters. The molecule has 0 radical (unpaired) electrons. The lowest BCUT2D eigenvalue weighted by atomic mass is 10.0. The average Bonchev–Trinajstić information content (AvgIpc) is 3.23. The predicted molar refractivity (Wildman–Crippen MR) is 134 cm³/mol. The number of carboxylic acid groups (broad SMARTS) is 1. The van der Waals surface area contributed by atoms with E-state index in [4.69, 9.17) is 9.84 Å². The van der Waals surface area contributed by atoms with Crippen molar-refractivity contribution in [3.05, 3.63) is 100 Å². The number of carbonyl (C=O) groups is 2. The summed E-state index contributed by atoms with van der Waals surface area (Å²) < 4.78 is 101. The molecule has 0 aliphatic heterocycles. The Kier molecular flexibility index (Phi) is 8.27. The number of rotatable bonds is 8. The van der Waals surface area contributed by atoms with Gasteiger partial charge in [-0.05, 0) is 60.0 Å². The van der Waals surface area contributed by atoms with Crippen molar-refractivity contribution < 1.29 is 50.2 Å². The van der Waals surface area contributed by atoms with E-state index in [1.54, 1.807) is 6.07 Å². The number of halogens is 7. The predicted octanol–water partition coefficient (Wildman–Crippen LogP) is 7.30. The molecular formula is C28H20F7N3O4. The van der Waals surface area contributed by atoms with Gasteiger partial charge >= 0.3 is 12.1 Å². The van der Waals surface area contributed by atoms with E-state index in [0.717, 1.165) is 16.8 Å². The number of hydrogen-bond donors (Lipinski definition) is 2. The van der Waals surface area contributed by atoms with Crippen LogP contribution in [0.4, 0.5) is 30.7 Å².